The van der Waals surface area contributed by atoms with Gasteiger partial charge < -0.3 is 14.8 Å². The smallest absolute Gasteiger partial charge is 0.269 e. The van der Waals surface area contributed by atoms with E-state index in [9.17, 15) is 14.9 Å². The molecule has 0 fully saturated rings. The monoisotopic (exact) mass is 567 g/mol. The maximum absolute atomic E-state index is 12.7. The first kappa shape index (κ1) is 27.4. The molecule has 5 rings (SSSR count). The predicted molar refractivity (Wildman–Crippen MR) is 157 cm³/mol. The lowest BCUT2D eigenvalue weighted by Crippen LogP contribution is -2.11. The molecule has 41 heavy (non-hydrogen) atoms. The largest absolute Gasteiger partial charge is 0.497 e. The molecule has 0 aliphatic rings. The number of carbonyl (C=O) groups is 1. The zero-order valence-corrected chi connectivity index (χ0v) is 23.0. The summed E-state index contributed by atoms with van der Waals surface area (Å²) in [5, 5.41) is 23.5. The van der Waals surface area contributed by atoms with Gasteiger partial charge in [-0.1, -0.05) is 23.9 Å². The molecule has 0 unspecified atom stereocenters. The van der Waals surface area contributed by atoms with E-state index in [1.165, 1.54) is 23.9 Å². The van der Waals surface area contributed by atoms with Crippen molar-refractivity contribution in [1.29, 1.82) is 0 Å². The van der Waals surface area contributed by atoms with Crippen LogP contribution in [0, 0.1) is 10.1 Å². The van der Waals surface area contributed by atoms with Gasteiger partial charge in [-0.2, -0.15) is 0 Å². The van der Waals surface area contributed by atoms with E-state index >= 15 is 0 Å². The molecule has 5 aromatic rings. The van der Waals surface area contributed by atoms with E-state index in [1.54, 1.807) is 62.8 Å². The number of nitrogens with one attached hydrogen (secondary N) is 1. The average Bonchev–Trinajstić information content (AvgIpc) is 3.44. The standard InChI is InChI=1S/C30H25N5O5S/c1-39-26-15-9-23(10-16-26)31-29(36)22-5-3-20(4-6-22)19-41-30-33-32-28(21-7-11-25(12-8-21)35(37)38)34(30)24-13-17-27(40-2)18-14-24/h3-18H,19H2,1-2H3,(H,31,36). The molecule has 0 bridgehead atoms. The Balaban J connectivity index is 1.34. The average molecular weight is 568 g/mol. The molecular weight excluding hydrogens is 542 g/mol. The molecule has 1 heterocycles. The van der Waals surface area contributed by atoms with Gasteiger partial charge >= 0.3 is 0 Å². The number of rotatable bonds is 10. The number of anilines is 1. The fourth-order valence-electron chi connectivity index (χ4n) is 4.02. The van der Waals surface area contributed by atoms with Gasteiger partial charge in [0, 0.05) is 40.4 Å². The van der Waals surface area contributed by atoms with Crippen LogP contribution in [0.2, 0.25) is 0 Å². The number of methoxy groups -OCH3 is 2. The first-order valence-electron chi connectivity index (χ1n) is 12.5. The molecule has 0 atom stereocenters. The first-order chi connectivity index (χ1) is 19.9. The van der Waals surface area contributed by atoms with Crippen molar-refractivity contribution in [2.24, 2.45) is 0 Å². The summed E-state index contributed by atoms with van der Waals surface area (Å²) >= 11 is 1.49. The number of thioether (sulfide) groups is 1. The van der Waals surface area contributed by atoms with Crippen molar-refractivity contribution in [3.8, 4) is 28.6 Å². The third-order valence-electron chi connectivity index (χ3n) is 6.23. The molecule has 1 aromatic heterocycles. The second-order valence-electron chi connectivity index (χ2n) is 8.81. The summed E-state index contributed by atoms with van der Waals surface area (Å²) in [5.74, 6) is 2.35. The van der Waals surface area contributed by atoms with Crippen molar-refractivity contribution in [2.75, 3.05) is 19.5 Å². The Hall–Kier alpha value is -5.16. The van der Waals surface area contributed by atoms with Crippen LogP contribution >= 0.6 is 11.8 Å². The van der Waals surface area contributed by atoms with Crippen LogP contribution in [0.4, 0.5) is 11.4 Å². The van der Waals surface area contributed by atoms with Crippen LogP contribution in [0.25, 0.3) is 17.1 Å². The lowest BCUT2D eigenvalue weighted by atomic mass is 10.1. The van der Waals surface area contributed by atoms with Gasteiger partial charge in [0.05, 0.1) is 19.1 Å². The number of hydrogen-bond acceptors (Lipinski definition) is 8. The fourth-order valence-corrected chi connectivity index (χ4v) is 4.93. The Morgan fingerprint density at radius 3 is 2.05 bits per heavy atom. The van der Waals surface area contributed by atoms with Gasteiger partial charge in [0.1, 0.15) is 11.5 Å². The van der Waals surface area contributed by atoms with Crippen LogP contribution < -0.4 is 14.8 Å². The zero-order valence-electron chi connectivity index (χ0n) is 22.2. The maximum Gasteiger partial charge on any atom is 0.269 e. The molecule has 11 heteroatoms. The van der Waals surface area contributed by atoms with Crippen molar-refractivity contribution in [3.05, 3.63) is 118 Å². The summed E-state index contributed by atoms with van der Waals surface area (Å²) in [5.41, 5.74) is 3.72. The zero-order chi connectivity index (χ0) is 28.8. The third kappa shape index (κ3) is 6.36. The van der Waals surface area contributed by atoms with Crippen molar-refractivity contribution in [1.82, 2.24) is 14.8 Å². The van der Waals surface area contributed by atoms with Crippen LogP contribution in [0.15, 0.2) is 102 Å². The molecule has 206 valence electrons. The van der Waals surface area contributed by atoms with E-state index in [0.29, 0.717) is 45.0 Å². The number of non-ortho nitro benzene ring substituents is 1. The summed E-state index contributed by atoms with van der Waals surface area (Å²) in [6.45, 7) is 0. The molecule has 1 amide bonds. The Morgan fingerprint density at radius 1 is 0.854 bits per heavy atom. The van der Waals surface area contributed by atoms with Gasteiger partial charge in [0.15, 0.2) is 11.0 Å². The Labute approximate surface area is 240 Å². The van der Waals surface area contributed by atoms with E-state index < -0.39 is 4.92 Å². The molecule has 0 spiro atoms. The lowest BCUT2D eigenvalue weighted by Gasteiger charge is -2.11. The van der Waals surface area contributed by atoms with Crippen LogP contribution in [0.3, 0.4) is 0 Å². The Morgan fingerprint density at radius 2 is 1.46 bits per heavy atom. The highest BCUT2D eigenvalue weighted by Gasteiger charge is 2.18. The van der Waals surface area contributed by atoms with Crippen LogP contribution in [0.5, 0.6) is 11.5 Å². The number of carbonyl (C=O) groups excluding carboxylic acids is 1. The van der Waals surface area contributed by atoms with Crippen LogP contribution in [-0.2, 0) is 5.75 Å². The number of aromatic nitrogens is 3. The number of nitro groups is 1. The summed E-state index contributed by atoms with van der Waals surface area (Å²) in [7, 11) is 3.19. The fraction of sp³-hybridized carbons (Fsp3) is 0.100. The van der Waals surface area contributed by atoms with Gasteiger partial charge in [0.2, 0.25) is 0 Å². The Bertz CT molecular complexity index is 1650. The normalized spacial score (nSPS) is 10.7. The number of nitro benzene ring substituents is 1. The SMILES string of the molecule is COc1ccc(NC(=O)c2ccc(CSc3nnc(-c4ccc([N+](=O)[O-])cc4)n3-c3ccc(OC)cc3)cc2)cc1. The second-order valence-corrected chi connectivity index (χ2v) is 9.75. The highest BCUT2D eigenvalue weighted by atomic mass is 32.2. The van der Waals surface area contributed by atoms with Crippen molar-refractivity contribution >= 4 is 29.0 Å². The van der Waals surface area contributed by atoms with E-state index in [-0.39, 0.29) is 11.6 Å². The summed E-state index contributed by atoms with van der Waals surface area (Å²) in [4.78, 5) is 23.4. The van der Waals surface area contributed by atoms with Gasteiger partial charge in [-0.15, -0.1) is 10.2 Å². The number of hydrogen-bond donors (Lipinski definition) is 1. The summed E-state index contributed by atoms with van der Waals surface area (Å²) in [6, 6.07) is 28.2. The van der Waals surface area contributed by atoms with Gasteiger partial charge in [-0.25, -0.2) is 0 Å². The lowest BCUT2D eigenvalue weighted by molar-refractivity contribution is -0.384. The van der Waals surface area contributed by atoms with E-state index in [1.807, 2.05) is 41.0 Å². The molecule has 0 aliphatic carbocycles. The minimum absolute atomic E-state index is 0.0000101. The molecule has 0 saturated carbocycles. The first-order valence-corrected chi connectivity index (χ1v) is 13.5. The predicted octanol–water partition coefficient (Wildman–Crippen LogP) is 6.40. The Kier molecular flexibility index (Phi) is 8.26. The molecule has 0 aliphatic heterocycles. The van der Waals surface area contributed by atoms with Gasteiger partial charge in [-0.05, 0) is 78.4 Å². The summed E-state index contributed by atoms with van der Waals surface area (Å²) in [6.07, 6.45) is 0. The van der Waals surface area contributed by atoms with Gasteiger partial charge in [0.25, 0.3) is 11.6 Å². The number of benzene rings is 4. The minimum Gasteiger partial charge on any atom is -0.497 e. The molecule has 0 saturated heterocycles. The van der Waals surface area contributed by atoms with Crippen molar-refractivity contribution in [2.45, 2.75) is 10.9 Å². The second kappa shape index (κ2) is 12.3. The number of ether oxygens (including phenoxy) is 2. The molecule has 1 N–H and O–H groups in total. The molecule has 4 aromatic carbocycles. The summed E-state index contributed by atoms with van der Waals surface area (Å²) < 4.78 is 12.4. The quantitative estimate of drug-likeness (QED) is 0.117. The van der Waals surface area contributed by atoms with Gasteiger partial charge in [-0.3, -0.25) is 19.5 Å². The molecular formula is C30H25N5O5S. The highest BCUT2D eigenvalue weighted by Crippen LogP contribution is 2.31. The van der Waals surface area contributed by atoms with E-state index in [4.69, 9.17) is 9.47 Å². The minimum atomic E-state index is -0.437. The third-order valence-corrected chi connectivity index (χ3v) is 7.23. The van der Waals surface area contributed by atoms with Crippen molar-refractivity contribution in [3.63, 3.8) is 0 Å². The topological polar surface area (TPSA) is 121 Å². The van der Waals surface area contributed by atoms with Crippen molar-refractivity contribution < 1.29 is 19.2 Å². The van der Waals surface area contributed by atoms with E-state index in [2.05, 4.69) is 15.5 Å². The van der Waals surface area contributed by atoms with E-state index in [0.717, 1.165) is 11.3 Å². The number of amides is 1. The maximum atomic E-state index is 12.7. The highest BCUT2D eigenvalue weighted by molar-refractivity contribution is 7.98. The number of nitrogens with zero attached hydrogens (tertiary/aromatic N) is 4. The molecule has 10 nitrogen and oxygen atoms in total. The molecule has 0 radical (unpaired) electrons. The van der Waals surface area contributed by atoms with Crippen LogP contribution in [0.1, 0.15) is 15.9 Å². The van der Waals surface area contributed by atoms with Crippen LogP contribution in [-0.4, -0.2) is 39.8 Å².